The molecule has 1 rings (SSSR count). The Morgan fingerprint density at radius 1 is 1.45 bits per heavy atom. The van der Waals surface area contributed by atoms with Crippen molar-refractivity contribution in [1.82, 2.24) is 4.90 Å². The van der Waals surface area contributed by atoms with Crippen LogP contribution in [0, 0.1) is 11.7 Å². The summed E-state index contributed by atoms with van der Waals surface area (Å²) in [6.07, 6.45) is 0. The third kappa shape index (κ3) is 4.20. The van der Waals surface area contributed by atoms with E-state index in [1.54, 1.807) is 31.2 Å². The first-order chi connectivity index (χ1) is 9.51. The number of methoxy groups -OCH3 is 1. The second-order valence-electron chi connectivity index (χ2n) is 5.05. The van der Waals surface area contributed by atoms with Crippen molar-refractivity contribution in [2.45, 2.75) is 13.8 Å². The van der Waals surface area contributed by atoms with Crippen LogP contribution in [0.15, 0.2) is 18.2 Å². The van der Waals surface area contributed by atoms with Crippen molar-refractivity contribution in [2.24, 2.45) is 5.92 Å². The molecule has 0 heterocycles. The van der Waals surface area contributed by atoms with Crippen LogP contribution in [0.1, 0.15) is 24.2 Å². The highest BCUT2D eigenvalue weighted by Gasteiger charge is 2.20. The highest BCUT2D eigenvalue weighted by molar-refractivity contribution is 5.99. The van der Waals surface area contributed by atoms with E-state index in [1.165, 1.54) is 6.07 Å². The van der Waals surface area contributed by atoms with Gasteiger partial charge in [-0.1, -0.05) is 19.9 Å². The van der Waals surface area contributed by atoms with Crippen LogP contribution in [-0.2, 0) is 4.74 Å². The summed E-state index contributed by atoms with van der Waals surface area (Å²) in [7, 11) is 3.20. The molecule has 0 aliphatic rings. The fraction of sp³-hybridized carbons (Fsp3) is 0.533. The lowest BCUT2D eigenvalue weighted by atomic mass is 10.1. The van der Waals surface area contributed by atoms with Gasteiger partial charge in [0, 0.05) is 27.2 Å². The molecule has 4 nitrogen and oxygen atoms in total. The average Bonchev–Trinajstić information content (AvgIpc) is 2.42. The topological polar surface area (TPSA) is 41.6 Å². The van der Waals surface area contributed by atoms with Crippen LogP contribution in [-0.4, -0.2) is 44.7 Å². The molecule has 5 heteroatoms. The molecule has 0 atom stereocenters. The van der Waals surface area contributed by atoms with Gasteiger partial charge in [-0.3, -0.25) is 4.79 Å². The van der Waals surface area contributed by atoms with Crippen molar-refractivity contribution < 1.29 is 13.9 Å². The first-order valence-electron chi connectivity index (χ1n) is 6.75. The highest BCUT2D eigenvalue weighted by atomic mass is 19.1. The summed E-state index contributed by atoms with van der Waals surface area (Å²) >= 11 is 0. The zero-order chi connectivity index (χ0) is 15.1. The molecule has 112 valence electrons. The molecule has 0 aliphatic heterocycles. The van der Waals surface area contributed by atoms with E-state index in [0.717, 1.165) is 0 Å². The molecule has 0 unspecified atom stereocenters. The molecule has 0 fully saturated rings. The number of ether oxygens (including phenoxy) is 1. The minimum absolute atomic E-state index is 0.181. The quantitative estimate of drug-likeness (QED) is 0.836. The molecule has 1 aromatic carbocycles. The van der Waals surface area contributed by atoms with Crippen molar-refractivity contribution in [3.05, 3.63) is 29.6 Å². The van der Waals surface area contributed by atoms with Gasteiger partial charge < -0.3 is 15.0 Å². The Morgan fingerprint density at radius 2 is 2.15 bits per heavy atom. The Bertz CT molecular complexity index is 449. The van der Waals surface area contributed by atoms with E-state index in [9.17, 15) is 9.18 Å². The number of para-hydroxylation sites is 1. The van der Waals surface area contributed by atoms with E-state index in [2.05, 4.69) is 5.32 Å². The number of amides is 1. The normalized spacial score (nSPS) is 10.7. The van der Waals surface area contributed by atoms with Crippen LogP contribution in [0.5, 0.6) is 0 Å². The summed E-state index contributed by atoms with van der Waals surface area (Å²) in [6, 6.07) is 4.52. The zero-order valence-electron chi connectivity index (χ0n) is 12.6. The highest BCUT2D eigenvalue weighted by Crippen LogP contribution is 2.21. The van der Waals surface area contributed by atoms with E-state index in [0.29, 0.717) is 31.2 Å². The van der Waals surface area contributed by atoms with Gasteiger partial charge in [-0.2, -0.15) is 0 Å². The van der Waals surface area contributed by atoms with Crippen molar-refractivity contribution in [3.8, 4) is 0 Å². The Labute approximate surface area is 119 Å². The lowest BCUT2D eigenvalue weighted by Crippen LogP contribution is -2.37. The van der Waals surface area contributed by atoms with E-state index in [4.69, 9.17) is 4.74 Å². The molecule has 1 aromatic rings. The number of hydrogen-bond donors (Lipinski definition) is 1. The second-order valence-corrected chi connectivity index (χ2v) is 5.05. The van der Waals surface area contributed by atoms with Crippen LogP contribution in [0.4, 0.5) is 10.1 Å². The van der Waals surface area contributed by atoms with E-state index < -0.39 is 5.82 Å². The lowest BCUT2D eigenvalue weighted by Gasteiger charge is -2.25. The number of hydrogen-bond acceptors (Lipinski definition) is 3. The predicted octanol–water partition coefficient (Wildman–Crippen LogP) is 2.61. The van der Waals surface area contributed by atoms with Gasteiger partial charge >= 0.3 is 0 Å². The molecule has 0 aromatic heterocycles. The smallest absolute Gasteiger partial charge is 0.256 e. The van der Waals surface area contributed by atoms with Gasteiger partial charge in [-0.05, 0) is 18.1 Å². The Morgan fingerprint density at radius 3 is 2.70 bits per heavy atom. The number of rotatable bonds is 7. The largest absolute Gasteiger partial charge is 0.385 e. The molecule has 0 aliphatic carbocycles. The summed E-state index contributed by atoms with van der Waals surface area (Å²) in [5.74, 6) is -0.267. The zero-order valence-corrected chi connectivity index (χ0v) is 12.6. The second kappa shape index (κ2) is 7.85. The maximum absolute atomic E-state index is 13.7. The maximum Gasteiger partial charge on any atom is 0.256 e. The van der Waals surface area contributed by atoms with Crippen LogP contribution < -0.4 is 5.32 Å². The summed E-state index contributed by atoms with van der Waals surface area (Å²) in [5, 5.41) is 2.76. The molecular formula is C15H23FN2O2. The molecular weight excluding hydrogens is 259 g/mol. The number of carbonyl (C=O) groups is 1. The maximum atomic E-state index is 13.7. The summed E-state index contributed by atoms with van der Waals surface area (Å²) in [6.45, 7) is 5.65. The SMILES string of the molecule is CNc1c(F)cccc1C(=O)N(CCOC)CC(C)C. The number of benzene rings is 1. The van der Waals surface area contributed by atoms with Gasteiger partial charge in [0.05, 0.1) is 17.9 Å². The molecule has 1 N–H and O–H groups in total. The molecule has 20 heavy (non-hydrogen) atoms. The first-order valence-corrected chi connectivity index (χ1v) is 6.75. The molecule has 0 spiro atoms. The van der Waals surface area contributed by atoms with Crippen LogP contribution in [0.3, 0.4) is 0 Å². The van der Waals surface area contributed by atoms with E-state index in [-0.39, 0.29) is 11.6 Å². The fourth-order valence-electron chi connectivity index (χ4n) is 2.04. The lowest BCUT2D eigenvalue weighted by molar-refractivity contribution is 0.0673. The van der Waals surface area contributed by atoms with Crippen LogP contribution in [0.2, 0.25) is 0 Å². The van der Waals surface area contributed by atoms with Crippen LogP contribution in [0.25, 0.3) is 0 Å². The Balaban J connectivity index is 3.01. The Hall–Kier alpha value is -1.62. The predicted molar refractivity (Wildman–Crippen MR) is 78.6 cm³/mol. The van der Waals surface area contributed by atoms with Gasteiger partial charge in [0.25, 0.3) is 5.91 Å². The van der Waals surface area contributed by atoms with Gasteiger partial charge in [0.15, 0.2) is 0 Å². The van der Waals surface area contributed by atoms with E-state index >= 15 is 0 Å². The number of nitrogens with zero attached hydrogens (tertiary/aromatic N) is 1. The minimum Gasteiger partial charge on any atom is -0.385 e. The van der Waals surface area contributed by atoms with E-state index in [1.807, 2.05) is 13.8 Å². The standard InChI is InChI=1S/C15H23FN2O2/c1-11(2)10-18(8-9-20-4)15(19)12-6-5-7-13(16)14(12)17-3/h5-7,11,17H,8-10H2,1-4H3. The molecule has 0 saturated carbocycles. The van der Waals surface area contributed by atoms with Crippen LogP contribution >= 0.6 is 0 Å². The number of halogens is 1. The fourth-order valence-corrected chi connectivity index (χ4v) is 2.04. The van der Waals surface area contributed by atoms with Gasteiger partial charge in [0.2, 0.25) is 0 Å². The number of carbonyl (C=O) groups excluding carboxylic acids is 1. The monoisotopic (exact) mass is 282 g/mol. The average molecular weight is 282 g/mol. The third-order valence-corrected chi connectivity index (χ3v) is 2.93. The van der Waals surface area contributed by atoms with Crippen molar-refractivity contribution in [3.63, 3.8) is 0 Å². The number of anilines is 1. The van der Waals surface area contributed by atoms with Gasteiger partial charge in [0.1, 0.15) is 5.82 Å². The molecule has 0 saturated heterocycles. The molecule has 1 amide bonds. The number of nitrogens with one attached hydrogen (secondary N) is 1. The van der Waals surface area contributed by atoms with Gasteiger partial charge in [-0.15, -0.1) is 0 Å². The summed E-state index contributed by atoms with van der Waals surface area (Å²) in [4.78, 5) is 14.3. The van der Waals surface area contributed by atoms with Crippen molar-refractivity contribution in [1.29, 1.82) is 0 Å². The first kappa shape index (κ1) is 16.4. The van der Waals surface area contributed by atoms with Crippen molar-refractivity contribution >= 4 is 11.6 Å². The summed E-state index contributed by atoms with van der Waals surface area (Å²) < 4.78 is 18.8. The summed E-state index contributed by atoms with van der Waals surface area (Å²) in [5.41, 5.74) is 0.591. The minimum atomic E-state index is -0.422. The molecule has 0 radical (unpaired) electrons. The Kier molecular flexibility index (Phi) is 6.45. The molecule has 0 bridgehead atoms. The van der Waals surface area contributed by atoms with Crippen molar-refractivity contribution in [2.75, 3.05) is 39.2 Å². The third-order valence-electron chi connectivity index (χ3n) is 2.93. The van der Waals surface area contributed by atoms with Gasteiger partial charge in [-0.25, -0.2) is 4.39 Å².